The zero-order chi connectivity index (χ0) is 13.1. The second-order valence-electron chi connectivity index (χ2n) is 4.18. The smallest absolute Gasteiger partial charge is 0.226 e. The molecule has 0 atom stereocenters. The maximum absolute atomic E-state index is 6.11. The Balaban J connectivity index is 2.38. The van der Waals surface area contributed by atoms with Gasteiger partial charge in [0.25, 0.3) is 0 Å². The topological polar surface area (TPSA) is 63.6 Å². The van der Waals surface area contributed by atoms with Gasteiger partial charge < -0.3 is 5.32 Å². The van der Waals surface area contributed by atoms with E-state index >= 15 is 0 Å². The highest BCUT2D eigenvalue weighted by atomic mass is 35.5. The van der Waals surface area contributed by atoms with E-state index < -0.39 is 0 Å². The molecule has 0 aliphatic carbocycles. The molecule has 2 rings (SSSR count). The van der Waals surface area contributed by atoms with Crippen molar-refractivity contribution in [2.75, 3.05) is 11.9 Å². The zero-order valence-corrected chi connectivity index (χ0v) is 11.5. The summed E-state index contributed by atoms with van der Waals surface area (Å²) in [5, 5.41) is 3.48. The fraction of sp³-hybridized carbons (Fsp3) is 0.500. The van der Waals surface area contributed by atoms with Crippen molar-refractivity contribution in [3.05, 3.63) is 16.5 Å². The number of anilines is 1. The van der Waals surface area contributed by atoms with Crippen LogP contribution in [0.1, 0.15) is 31.2 Å². The molecule has 18 heavy (non-hydrogen) atoms. The van der Waals surface area contributed by atoms with Gasteiger partial charge in [-0.2, -0.15) is 9.97 Å². The lowest BCUT2D eigenvalue weighted by Crippen LogP contribution is -2.07. The molecule has 0 saturated carbocycles. The van der Waals surface area contributed by atoms with E-state index in [4.69, 9.17) is 11.6 Å². The third-order valence-corrected chi connectivity index (χ3v) is 2.98. The van der Waals surface area contributed by atoms with Crippen molar-refractivity contribution < 1.29 is 0 Å². The molecule has 0 unspecified atom stereocenters. The number of fused-ring (bicyclic) bond motifs is 1. The summed E-state index contributed by atoms with van der Waals surface area (Å²) in [6.45, 7) is 6.76. The average molecular weight is 266 g/mol. The van der Waals surface area contributed by atoms with Gasteiger partial charge in [0.2, 0.25) is 5.95 Å². The van der Waals surface area contributed by atoms with Crippen LogP contribution >= 0.6 is 11.6 Å². The summed E-state index contributed by atoms with van der Waals surface area (Å²) in [5.41, 5.74) is 2.80. The van der Waals surface area contributed by atoms with Gasteiger partial charge in [-0.25, -0.2) is 9.97 Å². The first-order valence-electron chi connectivity index (χ1n) is 6.04. The summed E-state index contributed by atoms with van der Waals surface area (Å²) < 4.78 is 0. The molecule has 0 fully saturated rings. The molecule has 2 aromatic heterocycles. The molecule has 0 saturated heterocycles. The number of hydrogen-bond donors (Lipinski definition) is 1. The number of rotatable bonds is 4. The van der Waals surface area contributed by atoms with Gasteiger partial charge in [-0.05, 0) is 20.3 Å². The van der Waals surface area contributed by atoms with Crippen LogP contribution < -0.4 is 5.32 Å². The van der Waals surface area contributed by atoms with Crippen LogP contribution in [0, 0.1) is 13.8 Å². The summed E-state index contributed by atoms with van der Waals surface area (Å²) >= 11 is 6.11. The summed E-state index contributed by atoms with van der Waals surface area (Å²) in [6.07, 6.45) is 2.18. The molecule has 96 valence electrons. The van der Waals surface area contributed by atoms with Crippen LogP contribution in [0.25, 0.3) is 11.2 Å². The Morgan fingerprint density at radius 1 is 1.06 bits per heavy atom. The fourth-order valence-electron chi connectivity index (χ4n) is 1.53. The van der Waals surface area contributed by atoms with Gasteiger partial charge in [0.1, 0.15) is 5.52 Å². The van der Waals surface area contributed by atoms with Crippen molar-refractivity contribution in [1.29, 1.82) is 0 Å². The Kier molecular flexibility index (Phi) is 3.91. The van der Waals surface area contributed by atoms with E-state index in [0.29, 0.717) is 22.3 Å². The van der Waals surface area contributed by atoms with Crippen molar-refractivity contribution in [1.82, 2.24) is 19.9 Å². The van der Waals surface area contributed by atoms with Crippen LogP contribution in [0.2, 0.25) is 5.15 Å². The van der Waals surface area contributed by atoms with Crippen LogP contribution in [-0.4, -0.2) is 26.5 Å². The second-order valence-corrected chi connectivity index (χ2v) is 4.54. The van der Waals surface area contributed by atoms with Crippen LogP contribution in [0.3, 0.4) is 0 Å². The molecule has 5 nitrogen and oxygen atoms in total. The number of aromatic nitrogens is 4. The lowest BCUT2D eigenvalue weighted by atomic mass is 10.3. The quantitative estimate of drug-likeness (QED) is 0.680. The summed E-state index contributed by atoms with van der Waals surface area (Å²) in [4.78, 5) is 17.3. The Bertz CT molecular complexity index is 570. The first-order chi connectivity index (χ1) is 8.61. The van der Waals surface area contributed by atoms with Crippen molar-refractivity contribution >= 4 is 28.7 Å². The minimum Gasteiger partial charge on any atom is -0.354 e. The summed E-state index contributed by atoms with van der Waals surface area (Å²) in [6, 6.07) is 0. The largest absolute Gasteiger partial charge is 0.354 e. The lowest BCUT2D eigenvalue weighted by Gasteiger charge is -2.07. The Morgan fingerprint density at radius 2 is 1.78 bits per heavy atom. The van der Waals surface area contributed by atoms with E-state index in [1.54, 1.807) is 0 Å². The molecule has 0 aromatic carbocycles. The van der Waals surface area contributed by atoms with Gasteiger partial charge >= 0.3 is 0 Å². The first-order valence-corrected chi connectivity index (χ1v) is 6.42. The number of hydrogen-bond acceptors (Lipinski definition) is 5. The van der Waals surface area contributed by atoms with Crippen molar-refractivity contribution in [3.8, 4) is 0 Å². The van der Waals surface area contributed by atoms with E-state index in [9.17, 15) is 0 Å². The fourth-order valence-corrected chi connectivity index (χ4v) is 1.74. The number of halogens is 1. The predicted molar refractivity (Wildman–Crippen MR) is 73.0 cm³/mol. The number of unbranched alkanes of at least 4 members (excludes halogenated alkanes) is 1. The van der Waals surface area contributed by atoms with E-state index in [-0.39, 0.29) is 0 Å². The van der Waals surface area contributed by atoms with E-state index in [0.717, 1.165) is 30.8 Å². The average Bonchev–Trinajstić information content (AvgIpc) is 2.32. The van der Waals surface area contributed by atoms with Crippen LogP contribution in [0.4, 0.5) is 5.95 Å². The minimum atomic E-state index is 0.342. The molecule has 2 aromatic rings. The highest BCUT2D eigenvalue weighted by molar-refractivity contribution is 6.33. The van der Waals surface area contributed by atoms with Crippen molar-refractivity contribution in [3.63, 3.8) is 0 Å². The molecule has 6 heteroatoms. The first kappa shape index (κ1) is 13.0. The van der Waals surface area contributed by atoms with Gasteiger partial charge in [0, 0.05) is 6.54 Å². The molecule has 0 aliphatic rings. The molecule has 0 bridgehead atoms. The third-order valence-electron chi connectivity index (χ3n) is 2.71. The second kappa shape index (κ2) is 5.44. The SMILES string of the molecule is CCCCNc1nc(Cl)c2nc(C)c(C)nc2n1. The number of aryl methyl sites for hydroxylation is 2. The highest BCUT2D eigenvalue weighted by Gasteiger charge is 2.10. The highest BCUT2D eigenvalue weighted by Crippen LogP contribution is 2.19. The Hall–Kier alpha value is -1.49. The van der Waals surface area contributed by atoms with Crippen molar-refractivity contribution in [2.24, 2.45) is 0 Å². The molecule has 0 radical (unpaired) electrons. The van der Waals surface area contributed by atoms with Gasteiger partial charge in [-0.1, -0.05) is 24.9 Å². The molecule has 0 aliphatic heterocycles. The summed E-state index contributed by atoms with van der Waals surface area (Å²) in [5.74, 6) is 0.513. The molecular weight excluding hydrogens is 250 g/mol. The van der Waals surface area contributed by atoms with Gasteiger partial charge in [0.15, 0.2) is 10.8 Å². The summed E-state index contributed by atoms with van der Waals surface area (Å²) in [7, 11) is 0. The monoisotopic (exact) mass is 265 g/mol. The van der Waals surface area contributed by atoms with E-state index in [2.05, 4.69) is 32.2 Å². The van der Waals surface area contributed by atoms with E-state index in [1.807, 2.05) is 13.8 Å². The van der Waals surface area contributed by atoms with Crippen LogP contribution in [-0.2, 0) is 0 Å². The third kappa shape index (κ3) is 2.67. The van der Waals surface area contributed by atoms with Gasteiger partial charge in [0.05, 0.1) is 11.4 Å². The molecule has 1 N–H and O–H groups in total. The number of nitrogens with zero attached hydrogens (tertiary/aromatic N) is 4. The maximum Gasteiger partial charge on any atom is 0.226 e. The molecule has 0 spiro atoms. The molecule has 2 heterocycles. The number of nitrogens with one attached hydrogen (secondary N) is 1. The zero-order valence-electron chi connectivity index (χ0n) is 10.8. The lowest BCUT2D eigenvalue weighted by molar-refractivity contribution is 0.827. The molecule has 0 amide bonds. The minimum absolute atomic E-state index is 0.342. The van der Waals surface area contributed by atoms with Crippen LogP contribution in [0.5, 0.6) is 0 Å². The predicted octanol–water partition coefficient (Wildman–Crippen LogP) is 2.90. The Labute approximate surface area is 111 Å². The van der Waals surface area contributed by atoms with Crippen LogP contribution in [0.15, 0.2) is 0 Å². The maximum atomic E-state index is 6.11. The van der Waals surface area contributed by atoms with Gasteiger partial charge in [-0.15, -0.1) is 0 Å². The van der Waals surface area contributed by atoms with Gasteiger partial charge in [-0.3, -0.25) is 0 Å². The Morgan fingerprint density at radius 3 is 2.50 bits per heavy atom. The van der Waals surface area contributed by atoms with Crippen molar-refractivity contribution in [2.45, 2.75) is 33.6 Å². The van der Waals surface area contributed by atoms with E-state index in [1.165, 1.54) is 0 Å². The molecular formula is C12H16ClN5. The standard InChI is InChI=1S/C12H16ClN5/c1-4-5-6-14-12-17-10(13)9-11(18-12)16-8(3)7(2)15-9/h4-6H2,1-3H3,(H,14,16,17,18). The normalized spacial score (nSPS) is 10.9.